The predicted molar refractivity (Wildman–Crippen MR) is 83.9 cm³/mol. The van der Waals surface area contributed by atoms with Crippen molar-refractivity contribution in [1.82, 2.24) is 19.0 Å². The van der Waals surface area contributed by atoms with Crippen molar-refractivity contribution in [3.8, 4) is 0 Å². The third-order valence-electron chi connectivity index (χ3n) is 4.07. The van der Waals surface area contributed by atoms with Crippen molar-refractivity contribution >= 4 is 10.0 Å². The van der Waals surface area contributed by atoms with Crippen LogP contribution in [0.25, 0.3) is 0 Å². The Bertz CT molecular complexity index is 580. The summed E-state index contributed by atoms with van der Waals surface area (Å²) in [6.45, 7) is 6.92. The number of hydrogen-bond acceptors (Lipinski definition) is 4. The van der Waals surface area contributed by atoms with Gasteiger partial charge in [-0.3, -0.25) is 4.68 Å². The summed E-state index contributed by atoms with van der Waals surface area (Å²) in [5, 5.41) is 4.56. The molecule has 6 nitrogen and oxygen atoms in total. The Balaban J connectivity index is 1.82. The molecule has 1 aromatic heterocycles. The Morgan fingerprint density at radius 1 is 1.38 bits per heavy atom. The van der Waals surface area contributed by atoms with Crippen LogP contribution in [-0.4, -0.2) is 66.9 Å². The normalized spacial score (nSPS) is 20.5. The van der Waals surface area contributed by atoms with E-state index in [2.05, 4.69) is 27.7 Å². The van der Waals surface area contributed by atoms with Crippen LogP contribution in [-0.2, 0) is 10.0 Å². The molecule has 120 valence electrons. The molecule has 21 heavy (non-hydrogen) atoms. The molecular weight excluding hydrogens is 288 g/mol. The van der Waals surface area contributed by atoms with E-state index in [9.17, 15) is 8.42 Å². The molecule has 2 heterocycles. The zero-order chi connectivity index (χ0) is 15.6. The smallest absolute Gasteiger partial charge is 0.213 e. The summed E-state index contributed by atoms with van der Waals surface area (Å²) in [6.07, 6.45) is 1.77. The van der Waals surface area contributed by atoms with Crippen LogP contribution in [0, 0.1) is 13.8 Å². The van der Waals surface area contributed by atoms with Gasteiger partial charge in [0.25, 0.3) is 0 Å². The van der Waals surface area contributed by atoms with E-state index < -0.39 is 10.0 Å². The van der Waals surface area contributed by atoms with Gasteiger partial charge in [-0.15, -0.1) is 0 Å². The first kappa shape index (κ1) is 16.5. The van der Waals surface area contributed by atoms with Crippen LogP contribution in [0.3, 0.4) is 0 Å². The molecular formula is C14H26N4O2S. The summed E-state index contributed by atoms with van der Waals surface area (Å²) in [5.74, 6) is 0.223. The number of aromatic nitrogens is 2. The maximum absolute atomic E-state index is 11.7. The van der Waals surface area contributed by atoms with Gasteiger partial charge in [0.1, 0.15) is 0 Å². The fraction of sp³-hybridized carbons (Fsp3) is 0.786. The summed E-state index contributed by atoms with van der Waals surface area (Å²) in [7, 11) is 0.105. The minimum absolute atomic E-state index is 0.223. The highest BCUT2D eigenvalue weighted by Crippen LogP contribution is 2.23. The molecule has 0 spiro atoms. The summed E-state index contributed by atoms with van der Waals surface area (Å²) in [4.78, 5) is 2.34. The predicted octanol–water partition coefficient (Wildman–Crippen LogP) is 1.03. The lowest BCUT2D eigenvalue weighted by Gasteiger charge is -2.17. The highest BCUT2D eigenvalue weighted by molar-refractivity contribution is 7.89. The zero-order valence-electron chi connectivity index (χ0n) is 13.4. The van der Waals surface area contributed by atoms with Crippen LogP contribution >= 0.6 is 0 Å². The second-order valence-electron chi connectivity index (χ2n) is 6.07. The largest absolute Gasteiger partial charge is 0.301 e. The van der Waals surface area contributed by atoms with Gasteiger partial charge in [0.15, 0.2) is 0 Å². The zero-order valence-corrected chi connectivity index (χ0v) is 14.2. The second kappa shape index (κ2) is 6.46. The molecule has 0 N–H and O–H groups in total. The molecule has 1 atom stereocenters. The van der Waals surface area contributed by atoms with E-state index >= 15 is 0 Å². The highest BCUT2D eigenvalue weighted by Gasteiger charge is 2.25. The minimum Gasteiger partial charge on any atom is -0.301 e. The van der Waals surface area contributed by atoms with E-state index in [1.54, 1.807) is 14.1 Å². The average molecular weight is 314 g/mol. The summed E-state index contributed by atoms with van der Waals surface area (Å²) < 4.78 is 26.9. The molecule has 7 heteroatoms. The lowest BCUT2D eigenvalue weighted by molar-refractivity contribution is 0.318. The van der Waals surface area contributed by atoms with Crippen LogP contribution in [0.5, 0.6) is 0 Å². The fourth-order valence-electron chi connectivity index (χ4n) is 2.88. The number of sulfonamides is 1. The van der Waals surface area contributed by atoms with Crippen molar-refractivity contribution in [2.75, 3.05) is 39.5 Å². The molecule has 0 aliphatic carbocycles. The number of rotatable bonds is 6. The fourth-order valence-corrected chi connectivity index (χ4v) is 3.74. The van der Waals surface area contributed by atoms with E-state index in [-0.39, 0.29) is 5.75 Å². The first-order valence-electron chi connectivity index (χ1n) is 7.45. The van der Waals surface area contributed by atoms with Gasteiger partial charge >= 0.3 is 0 Å². The van der Waals surface area contributed by atoms with Gasteiger partial charge in [-0.05, 0) is 39.3 Å². The second-order valence-corrected chi connectivity index (χ2v) is 8.37. The van der Waals surface area contributed by atoms with E-state index in [4.69, 9.17) is 0 Å². The summed E-state index contributed by atoms with van der Waals surface area (Å²) in [5.41, 5.74) is 2.26. The van der Waals surface area contributed by atoms with E-state index in [1.165, 1.54) is 10.00 Å². The number of hydrogen-bond donors (Lipinski definition) is 0. The van der Waals surface area contributed by atoms with Crippen LogP contribution < -0.4 is 0 Å². The number of likely N-dealkylation sites (tertiary alicyclic amines) is 1. The van der Waals surface area contributed by atoms with Gasteiger partial charge in [-0.1, -0.05) is 0 Å². The molecule has 0 radical (unpaired) electrons. The van der Waals surface area contributed by atoms with Crippen molar-refractivity contribution in [3.63, 3.8) is 0 Å². The monoisotopic (exact) mass is 314 g/mol. The van der Waals surface area contributed by atoms with Gasteiger partial charge < -0.3 is 4.90 Å². The number of aryl methyl sites for hydroxylation is 2. The Morgan fingerprint density at radius 3 is 2.67 bits per heavy atom. The lowest BCUT2D eigenvalue weighted by Crippen LogP contribution is -2.29. The SMILES string of the molecule is Cc1cc(C)n([C@@H]2CCN(CCCS(=O)(=O)N(C)C)C2)n1. The quantitative estimate of drug-likeness (QED) is 0.787. The standard InChI is InChI=1S/C14H26N4O2S/c1-12-10-13(2)18(15-12)14-6-8-17(11-14)7-5-9-21(19,20)16(3)4/h10,14H,5-9,11H2,1-4H3/t14-/m1/s1. The first-order valence-corrected chi connectivity index (χ1v) is 9.06. The van der Waals surface area contributed by atoms with Crippen molar-refractivity contribution in [2.24, 2.45) is 0 Å². The van der Waals surface area contributed by atoms with Crippen molar-refractivity contribution in [1.29, 1.82) is 0 Å². The Hall–Kier alpha value is -0.920. The molecule has 1 aliphatic rings. The molecule has 0 amide bonds. The Kier molecular flexibility index (Phi) is 5.06. The van der Waals surface area contributed by atoms with Crippen LogP contribution in [0.1, 0.15) is 30.3 Å². The van der Waals surface area contributed by atoms with Crippen LogP contribution in [0.4, 0.5) is 0 Å². The van der Waals surface area contributed by atoms with Gasteiger partial charge in [-0.2, -0.15) is 5.10 Å². The van der Waals surface area contributed by atoms with Crippen molar-refractivity contribution in [2.45, 2.75) is 32.7 Å². The van der Waals surface area contributed by atoms with Crippen molar-refractivity contribution in [3.05, 3.63) is 17.5 Å². The molecule has 0 unspecified atom stereocenters. The third-order valence-corrected chi connectivity index (χ3v) is 5.99. The van der Waals surface area contributed by atoms with Crippen LogP contribution in [0.2, 0.25) is 0 Å². The maximum atomic E-state index is 11.7. The summed E-state index contributed by atoms with van der Waals surface area (Å²) in [6, 6.07) is 2.52. The minimum atomic E-state index is -3.07. The molecule has 1 aromatic rings. The lowest BCUT2D eigenvalue weighted by atomic mass is 10.2. The molecule has 0 aromatic carbocycles. The summed E-state index contributed by atoms with van der Waals surface area (Å²) >= 11 is 0. The molecule has 2 rings (SSSR count). The Labute approximate surface area is 127 Å². The third kappa shape index (κ3) is 4.05. The molecule has 1 fully saturated rings. The van der Waals surface area contributed by atoms with Gasteiger partial charge in [0, 0.05) is 32.9 Å². The van der Waals surface area contributed by atoms with Gasteiger partial charge in [0.05, 0.1) is 17.5 Å². The highest BCUT2D eigenvalue weighted by atomic mass is 32.2. The number of nitrogens with zero attached hydrogens (tertiary/aromatic N) is 4. The molecule has 1 saturated heterocycles. The van der Waals surface area contributed by atoms with E-state index in [1.807, 2.05) is 6.92 Å². The maximum Gasteiger partial charge on any atom is 0.213 e. The molecule has 0 bridgehead atoms. The molecule has 1 aliphatic heterocycles. The Morgan fingerprint density at radius 2 is 2.10 bits per heavy atom. The van der Waals surface area contributed by atoms with E-state index in [0.29, 0.717) is 12.5 Å². The average Bonchev–Trinajstić information content (AvgIpc) is 2.95. The topological polar surface area (TPSA) is 58.4 Å². The van der Waals surface area contributed by atoms with Crippen LogP contribution in [0.15, 0.2) is 6.07 Å². The molecule has 0 saturated carbocycles. The van der Waals surface area contributed by atoms with Crippen molar-refractivity contribution < 1.29 is 8.42 Å². The van der Waals surface area contributed by atoms with E-state index in [0.717, 1.165) is 31.7 Å². The van der Waals surface area contributed by atoms with Gasteiger partial charge in [-0.25, -0.2) is 12.7 Å². The first-order chi connectivity index (χ1) is 9.79. The van der Waals surface area contributed by atoms with Gasteiger partial charge in [0.2, 0.25) is 10.0 Å².